The van der Waals surface area contributed by atoms with Crippen LogP contribution in [-0.4, -0.2) is 6.61 Å². The molecule has 1 radical (unpaired) electrons. The van der Waals surface area contributed by atoms with E-state index in [1.165, 1.54) is 11.1 Å². The molecular formula is C15H14ClO. The second-order valence-electron chi connectivity index (χ2n) is 3.76. The molecular weight excluding hydrogens is 232 g/mol. The highest BCUT2D eigenvalue weighted by Gasteiger charge is 1.98. The summed E-state index contributed by atoms with van der Waals surface area (Å²) in [4.78, 5) is 0. The lowest BCUT2D eigenvalue weighted by molar-refractivity contribution is 0.147. The summed E-state index contributed by atoms with van der Waals surface area (Å²) >= 11 is 5.86. The molecule has 2 aromatic carbocycles. The van der Waals surface area contributed by atoms with Crippen LogP contribution in [0.25, 0.3) is 11.1 Å². The average molecular weight is 246 g/mol. The summed E-state index contributed by atoms with van der Waals surface area (Å²) in [6.07, 6.45) is 0. The predicted octanol–water partition coefficient (Wildman–Crippen LogP) is 4.36. The molecule has 0 saturated heterocycles. The maximum Gasteiger partial charge on any atom is 0.0716 e. The maximum absolute atomic E-state index is 5.86. The second-order valence-corrected chi connectivity index (χ2v) is 4.19. The van der Waals surface area contributed by atoms with Crippen molar-refractivity contribution in [2.24, 2.45) is 0 Å². The summed E-state index contributed by atoms with van der Waals surface area (Å²) in [6, 6.07) is 16.1. The number of benzene rings is 2. The van der Waals surface area contributed by atoms with E-state index in [1.54, 1.807) is 0 Å². The van der Waals surface area contributed by atoms with Gasteiger partial charge in [0.15, 0.2) is 0 Å². The molecule has 0 aliphatic heterocycles. The molecule has 87 valence electrons. The zero-order valence-corrected chi connectivity index (χ0v) is 10.3. The van der Waals surface area contributed by atoms with Gasteiger partial charge in [0.1, 0.15) is 0 Å². The van der Waals surface area contributed by atoms with Crippen LogP contribution in [-0.2, 0) is 11.3 Å². The lowest BCUT2D eigenvalue weighted by Gasteiger charge is -2.05. The Bertz CT molecular complexity index is 459. The molecule has 0 bridgehead atoms. The lowest BCUT2D eigenvalue weighted by Crippen LogP contribution is -1.91. The largest absolute Gasteiger partial charge is 0.377 e. The van der Waals surface area contributed by atoms with Crippen LogP contribution in [0.5, 0.6) is 0 Å². The Morgan fingerprint density at radius 3 is 1.94 bits per heavy atom. The van der Waals surface area contributed by atoms with Crippen LogP contribution in [0.1, 0.15) is 5.56 Å². The first-order valence-corrected chi connectivity index (χ1v) is 5.89. The third kappa shape index (κ3) is 3.32. The molecule has 17 heavy (non-hydrogen) atoms. The van der Waals surface area contributed by atoms with Crippen LogP contribution in [0, 0.1) is 6.92 Å². The van der Waals surface area contributed by atoms with Gasteiger partial charge in [0.25, 0.3) is 0 Å². The molecule has 2 rings (SSSR count). The summed E-state index contributed by atoms with van der Waals surface area (Å²) in [5, 5.41) is 0.759. The van der Waals surface area contributed by atoms with Crippen molar-refractivity contribution in [2.45, 2.75) is 6.61 Å². The first-order valence-electron chi connectivity index (χ1n) is 5.51. The standard InChI is InChI=1S/C15H14ClO/c1-2-17-11-12-3-5-13(6-4-12)14-7-9-15(16)10-8-14/h3-10H,1-2,11H2. The van der Waals surface area contributed by atoms with Crippen LogP contribution < -0.4 is 0 Å². The highest BCUT2D eigenvalue weighted by atomic mass is 35.5. The normalized spacial score (nSPS) is 10.5. The highest BCUT2D eigenvalue weighted by Crippen LogP contribution is 2.21. The van der Waals surface area contributed by atoms with E-state index in [0.717, 1.165) is 10.6 Å². The molecule has 0 unspecified atom stereocenters. The van der Waals surface area contributed by atoms with Crippen LogP contribution in [0.4, 0.5) is 0 Å². The summed E-state index contributed by atoms with van der Waals surface area (Å²) in [6.45, 7) is 4.75. The Morgan fingerprint density at radius 2 is 1.41 bits per heavy atom. The van der Waals surface area contributed by atoms with Gasteiger partial charge in [-0.1, -0.05) is 48.0 Å². The van der Waals surface area contributed by atoms with Gasteiger partial charge in [0, 0.05) is 11.6 Å². The van der Waals surface area contributed by atoms with Crippen molar-refractivity contribution >= 4 is 11.6 Å². The Balaban J connectivity index is 2.14. The Labute approximate surface area is 107 Å². The summed E-state index contributed by atoms with van der Waals surface area (Å²) in [7, 11) is 0. The van der Waals surface area contributed by atoms with Gasteiger partial charge < -0.3 is 4.74 Å². The van der Waals surface area contributed by atoms with E-state index in [1.807, 2.05) is 24.3 Å². The van der Waals surface area contributed by atoms with Crippen molar-refractivity contribution in [2.75, 3.05) is 6.61 Å². The van der Waals surface area contributed by atoms with Crippen molar-refractivity contribution in [3.63, 3.8) is 0 Å². The fourth-order valence-electron chi connectivity index (χ4n) is 1.63. The van der Waals surface area contributed by atoms with Gasteiger partial charge in [-0.3, -0.25) is 0 Å². The summed E-state index contributed by atoms with van der Waals surface area (Å²) < 4.78 is 5.25. The second kappa shape index (κ2) is 5.85. The fraction of sp³-hybridized carbons (Fsp3) is 0.133. The van der Waals surface area contributed by atoms with Gasteiger partial charge in [-0.2, -0.15) is 0 Å². The van der Waals surface area contributed by atoms with E-state index in [-0.39, 0.29) is 0 Å². The Morgan fingerprint density at radius 1 is 0.882 bits per heavy atom. The zero-order chi connectivity index (χ0) is 12.1. The first-order chi connectivity index (χ1) is 8.29. The van der Waals surface area contributed by atoms with Gasteiger partial charge in [0.05, 0.1) is 6.61 Å². The molecule has 0 heterocycles. The summed E-state index contributed by atoms with van der Waals surface area (Å²) in [5.41, 5.74) is 3.51. The fourth-order valence-corrected chi connectivity index (χ4v) is 1.75. The molecule has 0 spiro atoms. The van der Waals surface area contributed by atoms with Gasteiger partial charge >= 0.3 is 0 Å². The molecule has 2 heteroatoms. The number of hydrogen-bond acceptors (Lipinski definition) is 1. The minimum atomic E-state index is 0.499. The topological polar surface area (TPSA) is 9.23 Å². The van der Waals surface area contributed by atoms with E-state index in [0.29, 0.717) is 13.2 Å². The van der Waals surface area contributed by atoms with Gasteiger partial charge in [-0.25, -0.2) is 0 Å². The van der Waals surface area contributed by atoms with Crippen molar-refractivity contribution < 1.29 is 4.74 Å². The molecule has 0 aliphatic rings. The first kappa shape index (κ1) is 12.2. The minimum absolute atomic E-state index is 0.499. The number of ether oxygens (including phenoxy) is 1. The molecule has 0 atom stereocenters. The number of halogens is 1. The third-order valence-electron chi connectivity index (χ3n) is 2.54. The molecule has 1 nitrogen and oxygen atoms in total. The van der Waals surface area contributed by atoms with E-state index in [9.17, 15) is 0 Å². The van der Waals surface area contributed by atoms with Crippen LogP contribution in [0.15, 0.2) is 48.5 Å². The van der Waals surface area contributed by atoms with Crippen LogP contribution >= 0.6 is 11.6 Å². The number of hydrogen-bond donors (Lipinski definition) is 0. The molecule has 2 aromatic rings. The monoisotopic (exact) mass is 245 g/mol. The predicted molar refractivity (Wildman–Crippen MR) is 71.9 cm³/mol. The van der Waals surface area contributed by atoms with Crippen LogP contribution in [0.3, 0.4) is 0 Å². The maximum atomic E-state index is 5.86. The van der Waals surface area contributed by atoms with Gasteiger partial charge in [-0.15, -0.1) is 0 Å². The minimum Gasteiger partial charge on any atom is -0.377 e. The lowest BCUT2D eigenvalue weighted by atomic mass is 10.0. The molecule has 0 saturated carbocycles. The molecule has 0 aliphatic carbocycles. The SMILES string of the molecule is [CH2]COCc1ccc(-c2ccc(Cl)cc2)cc1. The Kier molecular flexibility index (Phi) is 4.18. The average Bonchev–Trinajstić information content (AvgIpc) is 2.38. The van der Waals surface area contributed by atoms with Crippen molar-refractivity contribution in [3.05, 3.63) is 66.0 Å². The highest BCUT2D eigenvalue weighted by molar-refractivity contribution is 6.30. The van der Waals surface area contributed by atoms with Gasteiger partial charge in [-0.05, 0) is 35.7 Å². The Hall–Kier alpha value is -1.31. The third-order valence-corrected chi connectivity index (χ3v) is 2.80. The number of rotatable bonds is 4. The van der Waals surface area contributed by atoms with E-state index in [4.69, 9.17) is 16.3 Å². The van der Waals surface area contributed by atoms with E-state index >= 15 is 0 Å². The van der Waals surface area contributed by atoms with Crippen LogP contribution in [0.2, 0.25) is 5.02 Å². The van der Waals surface area contributed by atoms with Crippen molar-refractivity contribution in [3.8, 4) is 11.1 Å². The summed E-state index contributed by atoms with van der Waals surface area (Å²) in [5.74, 6) is 0. The van der Waals surface area contributed by atoms with Crippen molar-refractivity contribution in [1.29, 1.82) is 0 Å². The quantitative estimate of drug-likeness (QED) is 0.778. The van der Waals surface area contributed by atoms with Gasteiger partial charge in [0.2, 0.25) is 0 Å². The van der Waals surface area contributed by atoms with E-state index in [2.05, 4.69) is 31.2 Å². The molecule has 0 aromatic heterocycles. The van der Waals surface area contributed by atoms with Crippen molar-refractivity contribution in [1.82, 2.24) is 0 Å². The molecule has 0 amide bonds. The van der Waals surface area contributed by atoms with E-state index < -0.39 is 0 Å². The zero-order valence-electron chi connectivity index (χ0n) is 9.53. The smallest absolute Gasteiger partial charge is 0.0716 e. The molecule has 0 fully saturated rings. The molecule has 0 N–H and O–H groups in total.